The highest BCUT2D eigenvalue weighted by atomic mass is 19.1. The van der Waals surface area contributed by atoms with Crippen molar-refractivity contribution >= 4 is 12.0 Å². The molecule has 3 rings (SSSR count). The van der Waals surface area contributed by atoms with Crippen LogP contribution in [-0.2, 0) is 9.47 Å². The second-order valence-corrected chi connectivity index (χ2v) is 8.96. The predicted octanol–water partition coefficient (Wildman–Crippen LogP) is 4.10. The van der Waals surface area contributed by atoms with Crippen LogP contribution in [0.1, 0.15) is 69.8 Å². The van der Waals surface area contributed by atoms with Crippen LogP contribution in [-0.4, -0.2) is 58.4 Å². The van der Waals surface area contributed by atoms with E-state index < -0.39 is 23.4 Å². The SMILES string of the molecule is CCNC(=O)c1ccc(-c2noc(C(C)OC3CCN(C(=O)OC(C)(C)C)CC3)n2)cc1F. The third-order valence-electron chi connectivity index (χ3n) is 5.09. The number of amides is 2. The number of nitrogens with zero attached hydrogens (tertiary/aromatic N) is 3. The number of ether oxygens (including phenoxy) is 2. The monoisotopic (exact) mass is 462 g/mol. The molecule has 0 radical (unpaired) electrons. The number of nitrogens with one attached hydrogen (secondary N) is 1. The lowest BCUT2D eigenvalue weighted by Gasteiger charge is -2.34. The summed E-state index contributed by atoms with van der Waals surface area (Å²) in [7, 11) is 0. The summed E-state index contributed by atoms with van der Waals surface area (Å²) in [6.07, 6.45) is 0.473. The highest BCUT2D eigenvalue weighted by Gasteiger charge is 2.29. The number of piperidine rings is 1. The number of hydrogen-bond donors (Lipinski definition) is 1. The molecule has 1 unspecified atom stereocenters. The average Bonchev–Trinajstić information content (AvgIpc) is 3.23. The lowest BCUT2D eigenvalue weighted by molar-refractivity contribution is -0.0509. The molecule has 1 N–H and O–H groups in total. The van der Waals surface area contributed by atoms with Crippen molar-refractivity contribution in [1.82, 2.24) is 20.4 Å². The molecule has 1 aromatic carbocycles. The fourth-order valence-corrected chi connectivity index (χ4v) is 3.46. The smallest absolute Gasteiger partial charge is 0.410 e. The lowest BCUT2D eigenvalue weighted by atomic mass is 10.1. The summed E-state index contributed by atoms with van der Waals surface area (Å²) >= 11 is 0. The summed E-state index contributed by atoms with van der Waals surface area (Å²) in [5.74, 6) is -0.657. The van der Waals surface area contributed by atoms with Crippen LogP contribution in [0.25, 0.3) is 11.4 Å². The van der Waals surface area contributed by atoms with Gasteiger partial charge >= 0.3 is 6.09 Å². The van der Waals surface area contributed by atoms with E-state index in [2.05, 4.69) is 15.5 Å². The highest BCUT2D eigenvalue weighted by Crippen LogP contribution is 2.26. The first-order chi connectivity index (χ1) is 15.6. The number of halogens is 1. The van der Waals surface area contributed by atoms with Gasteiger partial charge in [0.25, 0.3) is 11.8 Å². The molecule has 0 spiro atoms. The van der Waals surface area contributed by atoms with Crippen LogP contribution in [0, 0.1) is 5.82 Å². The maximum atomic E-state index is 14.4. The predicted molar refractivity (Wildman–Crippen MR) is 118 cm³/mol. The van der Waals surface area contributed by atoms with E-state index in [1.54, 1.807) is 24.8 Å². The van der Waals surface area contributed by atoms with Crippen molar-refractivity contribution in [2.75, 3.05) is 19.6 Å². The van der Waals surface area contributed by atoms with Gasteiger partial charge in [-0.3, -0.25) is 4.79 Å². The largest absolute Gasteiger partial charge is 0.444 e. The molecule has 1 aliphatic heterocycles. The quantitative estimate of drug-likeness (QED) is 0.689. The summed E-state index contributed by atoms with van der Waals surface area (Å²) in [5, 5.41) is 6.48. The molecule has 180 valence electrons. The van der Waals surface area contributed by atoms with Crippen molar-refractivity contribution in [3.05, 3.63) is 35.5 Å². The zero-order valence-corrected chi connectivity index (χ0v) is 19.7. The van der Waals surface area contributed by atoms with Crippen LogP contribution in [0.3, 0.4) is 0 Å². The molecule has 0 bridgehead atoms. The van der Waals surface area contributed by atoms with Crippen molar-refractivity contribution < 1.29 is 28.0 Å². The van der Waals surface area contributed by atoms with Crippen molar-refractivity contribution in [2.24, 2.45) is 0 Å². The van der Waals surface area contributed by atoms with Crippen LogP contribution in [0.15, 0.2) is 22.7 Å². The Hall–Kier alpha value is -3.01. The molecule has 1 fully saturated rings. The van der Waals surface area contributed by atoms with Gasteiger partial charge in [0.05, 0.1) is 11.7 Å². The Labute approximate surface area is 192 Å². The summed E-state index contributed by atoms with van der Waals surface area (Å²) < 4.78 is 31.1. The number of aromatic nitrogens is 2. The van der Waals surface area contributed by atoms with Crippen molar-refractivity contribution in [3.8, 4) is 11.4 Å². The van der Waals surface area contributed by atoms with Gasteiger partial charge in [-0.15, -0.1) is 0 Å². The van der Waals surface area contributed by atoms with Gasteiger partial charge in [-0.05, 0) is 59.6 Å². The van der Waals surface area contributed by atoms with Crippen molar-refractivity contribution in [3.63, 3.8) is 0 Å². The molecule has 1 aromatic heterocycles. The Bertz CT molecular complexity index is 979. The normalized spacial score (nSPS) is 15.9. The van der Waals surface area contributed by atoms with Crippen molar-refractivity contribution in [1.29, 1.82) is 0 Å². The minimum Gasteiger partial charge on any atom is -0.444 e. The van der Waals surface area contributed by atoms with Gasteiger partial charge in [0.1, 0.15) is 17.5 Å². The van der Waals surface area contributed by atoms with Gasteiger partial charge in [0.2, 0.25) is 5.82 Å². The van der Waals surface area contributed by atoms with Crippen molar-refractivity contribution in [2.45, 2.75) is 65.3 Å². The standard InChI is InChI=1S/C23H31FN4O5/c1-6-25-20(29)17-8-7-15(13-18(17)24)19-26-21(33-27-19)14(2)31-16-9-11-28(12-10-16)22(30)32-23(3,4)5/h7-8,13-14,16H,6,9-12H2,1-5H3,(H,25,29). The maximum absolute atomic E-state index is 14.4. The van der Waals surface area contributed by atoms with Gasteiger partial charge in [-0.1, -0.05) is 11.2 Å². The van der Waals surface area contributed by atoms with Crippen LogP contribution >= 0.6 is 0 Å². The third-order valence-corrected chi connectivity index (χ3v) is 5.09. The number of hydrogen-bond acceptors (Lipinski definition) is 7. The summed E-state index contributed by atoms with van der Waals surface area (Å²) in [5.41, 5.74) is -0.174. The van der Waals surface area contributed by atoms with E-state index in [4.69, 9.17) is 14.0 Å². The van der Waals surface area contributed by atoms with Gasteiger partial charge < -0.3 is 24.2 Å². The minimum absolute atomic E-state index is 0.0428. The molecule has 0 aliphatic carbocycles. The highest BCUT2D eigenvalue weighted by molar-refractivity contribution is 5.94. The van der Waals surface area contributed by atoms with Gasteiger partial charge in [0.15, 0.2) is 0 Å². The average molecular weight is 463 g/mol. The topological polar surface area (TPSA) is 107 Å². The van der Waals surface area contributed by atoms with E-state index in [0.29, 0.717) is 38.0 Å². The Morgan fingerprint density at radius 3 is 2.61 bits per heavy atom. The minimum atomic E-state index is -0.661. The molecular formula is C23H31FN4O5. The third kappa shape index (κ3) is 6.50. The molecule has 33 heavy (non-hydrogen) atoms. The lowest BCUT2D eigenvalue weighted by Crippen LogP contribution is -2.43. The maximum Gasteiger partial charge on any atom is 0.410 e. The van der Waals surface area contributed by atoms with E-state index in [1.165, 1.54) is 12.1 Å². The van der Waals surface area contributed by atoms with E-state index >= 15 is 0 Å². The Balaban J connectivity index is 1.56. The first-order valence-corrected chi connectivity index (χ1v) is 11.1. The molecule has 2 heterocycles. The van der Waals surface area contributed by atoms with Gasteiger partial charge in [0, 0.05) is 25.2 Å². The van der Waals surface area contributed by atoms with Gasteiger partial charge in [-0.2, -0.15) is 4.98 Å². The molecule has 0 saturated carbocycles. The molecule has 1 saturated heterocycles. The molecule has 2 amide bonds. The molecule has 10 heteroatoms. The van der Waals surface area contributed by atoms with E-state index in [1.807, 2.05) is 20.8 Å². The first-order valence-electron chi connectivity index (χ1n) is 11.1. The fourth-order valence-electron chi connectivity index (χ4n) is 3.46. The summed E-state index contributed by atoms with van der Waals surface area (Å²) in [6, 6.07) is 4.17. The second kappa shape index (κ2) is 10.3. The summed E-state index contributed by atoms with van der Waals surface area (Å²) in [4.78, 5) is 30.1. The zero-order valence-electron chi connectivity index (χ0n) is 19.7. The number of carbonyl (C=O) groups excluding carboxylic acids is 2. The molecule has 2 aromatic rings. The molecule has 9 nitrogen and oxygen atoms in total. The van der Waals surface area contributed by atoms with Crippen LogP contribution in [0.2, 0.25) is 0 Å². The first kappa shape index (κ1) is 24.6. The number of likely N-dealkylation sites (tertiary alicyclic amines) is 1. The Morgan fingerprint density at radius 2 is 2.00 bits per heavy atom. The van der Waals surface area contributed by atoms with E-state index in [-0.39, 0.29) is 29.5 Å². The van der Waals surface area contributed by atoms with E-state index in [9.17, 15) is 14.0 Å². The zero-order chi connectivity index (χ0) is 24.2. The second-order valence-electron chi connectivity index (χ2n) is 8.96. The van der Waals surface area contributed by atoms with Crippen LogP contribution in [0.5, 0.6) is 0 Å². The van der Waals surface area contributed by atoms with Gasteiger partial charge in [-0.25, -0.2) is 9.18 Å². The fraction of sp³-hybridized carbons (Fsp3) is 0.565. The number of rotatable bonds is 6. The summed E-state index contributed by atoms with van der Waals surface area (Å²) in [6.45, 7) is 10.6. The Morgan fingerprint density at radius 1 is 1.30 bits per heavy atom. The molecular weight excluding hydrogens is 431 g/mol. The van der Waals surface area contributed by atoms with Crippen LogP contribution < -0.4 is 5.32 Å². The number of benzene rings is 1. The Kier molecular flexibility index (Phi) is 7.68. The van der Waals surface area contributed by atoms with E-state index in [0.717, 1.165) is 0 Å². The molecule has 1 aliphatic rings. The van der Waals surface area contributed by atoms with Crippen LogP contribution in [0.4, 0.5) is 9.18 Å². The number of carbonyl (C=O) groups is 2. The molecule has 1 atom stereocenters.